The molecule has 6 nitrogen and oxygen atoms in total. The van der Waals surface area contributed by atoms with Gasteiger partial charge in [-0.1, -0.05) is 12.1 Å². The highest BCUT2D eigenvalue weighted by Crippen LogP contribution is 2.18. The molecule has 0 spiro atoms. The number of hydrogen-bond donors (Lipinski definition) is 2. The number of rotatable bonds is 4. The van der Waals surface area contributed by atoms with E-state index in [1.807, 2.05) is 31.2 Å². The van der Waals surface area contributed by atoms with E-state index in [2.05, 4.69) is 15.6 Å². The smallest absolute Gasteiger partial charge is 0.257 e. The zero-order chi connectivity index (χ0) is 17.2. The number of carbonyl (C=O) groups excluding carboxylic acids is 1. The number of anilines is 2. The Bertz CT molecular complexity index is 865. The monoisotopic (exact) mass is 345 g/mol. The number of pyridine rings is 1. The number of nitrogens with one attached hydrogen (secondary N) is 2. The van der Waals surface area contributed by atoms with Crippen LogP contribution in [0.2, 0.25) is 0 Å². The van der Waals surface area contributed by atoms with E-state index in [4.69, 9.17) is 0 Å². The van der Waals surface area contributed by atoms with Crippen molar-refractivity contribution in [1.29, 1.82) is 0 Å². The Morgan fingerprint density at radius 2 is 2.04 bits per heavy atom. The molecule has 3 rings (SSSR count). The van der Waals surface area contributed by atoms with Crippen molar-refractivity contribution < 1.29 is 13.2 Å². The maximum atomic E-state index is 12.3. The van der Waals surface area contributed by atoms with Crippen LogP contribution in [0.1, 0.15) is 22.3 Å². The fourth-order valence-corrected chi connectivity index (χ4v) is 4.39. The van der Waals surface area contributed by atoms with Crippen molar-refractivity contribution >= 4 is 27.1 Å². The van der Waals surface area contributed by atoms with E-state index in [-0.39, 0.29) is 23.5 Å². The molecular formula is C17H19N3O3S. The number of aryl methyl sites for hydroxylation is 1. The highest BCUT2D eigenvalue weighted by molar-refractivity contribution is 7.91. The SMILES string of the molecule is Cc1cccc(NC(=O)c2cncc(NC3CCS(=O)(=O)C3)c2)c1. The molecule has 0 aliphatic carbocycles. The Hall–Kier alpha value is -2.41. The Kier molecular flexibility index (Phi) is 4.53. The van der Waals surface area contributed by atoms with Crippen LogP contribution in [-0.4, -0.2) is 36.9 Å². The van der Waals surface area contributed by atoms with Crippen LogP contribution >= 0.6 is 0 Å². The van der Waals surface area contributed by atoms with Crippen molar-refractivity contribution in [2.75, 3.05) is 22.1 Å². The average Bonchev–Trinajstić information content (AvgIpc) is 2.86. The molecule has 1 atom stereocenters. The van der Waals surface area contributed by atoms with E-state index < -0.39 is 9.84 Å². The third-order valence-corrected chi connectivity index (χ3v) is 5.65. The molecule has 0 saturated carbocycles. The zero-order valence-corrected chi connectivity index (χ0v) is 14.1. The summed E-state index contributed by atoms with van der Waals surface area (Å²) in [6.07, 6.45) is 3.65. The second-order valence-electron chi connectivity index (χ2n) is 6.03. The molecule has 1 aromatic carbocycles. The molecule has 1 unspecified atom stereocenters. The van der Waals surface area contributed by atoms with Gasteiger partial charge in [0.2, 0.25) is 0 Å². The zero-order valence-electron chi connectivity index (χ0n) is 13.3. The van der Waals surface area contributed by atoms with Gasteiger partial charge in [-0.15, -0.1) is 0 Å². The molecule has 1 aliphatic heterocycles. The van der Waals surface area contributed by atoms with Gasteiger partial charge in [0.15, 0.2) is 9.84 Å². The lowest BCUT2D eigenvalue weighted by molar-refractivity contribution is 0.102. The minimum atomic E-state index is -2.95. The Morgan fingerprint density at radius 3 is 2.75 bits per heavy atom. The first kappa shape index (κ1) is 16.4. The van der Waals surface area contributed by atoms with E-state index in [0.717, 1.165) is 11.3 Å². The molecule has 7 heteroatoms. The summed E-state index contributed by atoms with van der Waals surface area (Å²) in [5.74, 6) is 0.0639. The summed E-state index contributed by atoms with van der Waals surface area (Å²) in [7, 11) is -2.95. The normalized spacial score (nSPS) is 19.0. The molecule has 1 saturated heterocycles. The van der Waals surface area contributed by atoms with Gasteiger partial charge >= 0.3 is 0 Å². The average molecular weight is 345 g/mol. The number of benzene rings is 1. The van der Waals surface area contributed by atoms with Gasteiger partial charge in [-0.05, 0) is 37.1 Å². The van der Waals surface area contributed by atoms with Crippen molar-refractivity contribution in [1.82, 2.24) is 4.98 Å². The van der Waals surface area contributed by atoms with Crippen molar-refractivity contribution in [3.05, 3.63) is 53.9 Å². The van der Waals surface area contributed by atoms with Gasteiger partial charge in [0, 0.05) is 24.1 Å². The molecule has 1 aromatic heterocycles. The number of aromatic nitrogens is 1. The first-order valence-electron chi connectivity index (χ1n) is 7.71. The summed E-state index contributed by atoms with van der Waals surface area (Å²) < 4.78 is 23.0. The van der Waals surface area contributed by atoms with Gasteiger partial charge in [-0.25, -0.2) is 8.42 Å². The second kappa shape index (κ2) is 6.60. The third kappa shape index (κ3) is 4.11. The summed E-state index contributed by atoms with van der Waals surface area (Å²) in [4.78, 5) is 16.4. The lowest BCUT2D eigenvalue weighted by Crippen LogP contribution is -2.21. The quantitative estimate of drug-likeness (QED) is 0.887. The van der Waals surface area contributed by atoms with E-state index >= 15 is 0 Å². The van der Waals surface area contributed by atoms with Gasteiger partial charge in [-0.2, -0.15) is 0 Å². The van der Waals surface area contributed by atoms with Gasteiger partial charge in [0.1, 0.15) is 0 Å². The van der Waals surface area contributed by atoms with Crippen LogP contribution in [0.15, 0.2) is 42.7 Å². The van der Waals surface area contributed by atoms with Crippen molar-refractivity contribution in [2.24, 2.45) is 0 Å². The van der Waals surface area contributed by atoms with E-state index in [1.165, 1.54) is 6.20 Å². The van der Waals surface area contributed by atoms with Crippen LogP contribution in [0, 0.1) is 6.92 Å². The third-order valence-electron chi connectivity index (χ3n) is 3.88. The topological polar surface area (TPSA) is 88.2 Å². The van der Waals surface area contributed by atoms with Crippen LogP contribution in [0.4, 0.5) is 11.4 Å². The minimum absolute atomic E-state index is 0.118. The van der Waals surface area contributed by atoms with Crippen molar-refractivity contribution in [3.8, 4) is 0 Å². The van der Waals surface area contributed by atoms with Crippen LogP contribution < -0.4 is 10.6 Å². The number of sulfone groups is 1. The molecule has 0 bridgehead atoms. The van der Waals surface area contributed by atoms with Crippen LogP contribution in [0.25, 0.3) is 0 Å². The maximum absolute atomic E-state index is 12.3. The van der Waals surface area contributed by atoms with Gasteiger partial charge in [0.05, 0.1) is 22.8 Å². The van der Waals surface area contributed by atoms with Crippen LogP contribution in [0.3, 0.4) is 0 Å². The first-order valence-corrected chi connectivity index (χ1v) is 9.53. The number of hydrogen-bond acceptors (Lipinski definition) is 5. The number of nitrogens with zero attached hydrogens (tertiary/aromatic N) is 1. The largest absolute Gasteiger partial charge is 0.380 e. The lowest BCUT2D eigenvalue weighted by Gasteiger charge is -2.13. The minimum Gasteiger partial charge on any atom is -0.380 e. The number of carbonyl (C=O) groups is 1. The molecule has 1 fully saturated rings. The predicted molar refractivity (Wildman–Crippen MR) is 94.1 cm³/mol. The second-order valence-corrected chi connectivity index (χ2v) is 8.26. The van der Waals surface area contributed by atoms with E-state index in [9.17, 15) is 13.2 Å². The molecule has 24 heavy (non-hydrogen) atoms. The fourth-order valence-electron chi connectivity index (χ4n) is 2.71. The van der Waals surface area contributed by atoms with Crippen molar-refractivity contribution in [2.45, 2.75) is 19.4 Å². The highest BCUT2D eigenvalue weighted by atomic mass is 32.2. The Balaban J connectivity index is 1.69. The first-order chi connectivity index (χ1) is 11.4. The highest BCUT2D eigenvalue weighted by Gasteiger charge is 2.27. The molecule has 2 aromatic rings. The van der Waals surface area contributed by atoms with Gasteiger partial charge in [-0.3, -0.25) is 9.78 Å². The van der Waals surface area contributed by atoms with Crippen molar-refractivity contribution in [3.63, 3.8) is 0 Å². The molecule has 1 aliphatic rings. The Morgan fingerprint density at radius 1 is 1.21 bits per heavy atom. The maximum Gasteiger partial charge on any atom is 0.257 e. The molecule has 0 radical (unpaired) electrons. The summed E-state index contributed by atoms with van der Waals surface area (Å²) >= 11 is 0. The molecular weight excluding hydrogens is 326 g/mol. The van der Waals surface area contributed by atoms with Crippen LogP contribution in [0.5, 0.6) is 0 Å². The predicted octanol–water partition coefficient (Wildman–Crippen LogP) is 2.24. The summed E-state index contributed by atoms with van der Waals surface area (Å²) in [5.41, 5.74) is 2.85. The van der Waals surface area contributed by atoms with Crippen LogP contribution in [-0.2, 0) is 9.84 Å². The Labute approximate surface area is 141 Å². The van der Waals surface area contributed by atoms with Gasteiger partial charge < -0.3 is 10.6 Å². The van der Waals surface area contributed by atoms with Gasteiger partial charge in [0.25, 0.3) is 5.91 Å². The summed E-state index contributed by atoms with van der Waals surface area (Å²) in [6.45, 7) is 1.96. The van der Waals surface area contributed by atoms with E-state index in [0.29, 0.717) is 17.7 Å². The molecule has 2 heterocycles. The standard InChI is InChI=1S/C17H19N3O3S/c1-12-3-2-4-14(7-12)20-17(21)13-8-16(10-18-9-13)19-15-5-6-24(22,23)11-15/h2-4,7-10,15,19H,5-6,11H2,1H3,(H,20,21). The summed E-state index contributed by atoms with van der Waals surface area (Å²) in [6, 6.07) is 9.09. The molecule has 2 N–H and O–H groups in total. The van der Waals surface area contributed by atoms with E-state index in [1.54, 1.807) is 12.3 Å². The summed E-state index contributed by atoms with van der Waals surface area (Å²) in [5, 5.41) is 5.97. The molecule has 1 amide bonds. The lowest BCUT2D eigenvalue weighted by atomic mass is 10.2. The fraction of sp³-hybridized carbons (Fsp3) is 0.294. The number of amides is 1. The molecule has 126 valence electrons.